The van der Waals surface area contributed by atoms with Gasteiger partial charge >= 0.3 is 0 Å². The Bertz CT molecular complexity index is 1200. The van der Waals surface area contributed by atoms with E-state index < -0.39 is 18.1 Å². The number of imide groups is 1. The molecule has 3 atom stereocenters. The SMILES string of the molecule is COc1ccc(OC)c([C@H]2[C@@H]3C(=O)N(c4ccc(C)cc4)C(=O)[C@H]3ON2c2ccccc2)c1. The van der Waals surface area contributed by atoms with Crippen LogP contribution in [0.25, 0.3) is 0 Å². The summed E-state index contributed by atoms with van der Waals surface area (Å²) in [5.74, 6) is -0.226. The van der Waals surface area contributed by atoms with Crippen molar-refractivity contribution in [1.82, 2.24) is 0 Å². The molecular weight excluding hydrogens is 420 g/mol. The van der Waals surface area contributed by atoms with E-state index in [1.54, 1.807) is 43.5 Å². The lowest BCUT2D eigenvalue weighted by molar-refractivity contribution is -0.126. The summed E-state index contributed by atoms with van der Waals surface area (Å²) in [6.07, 6.45) is -0.945. The van der Waals surface area contributed by atoms with Crippen LogP contribution >= 0.6 is 0 Å². The molecule has 33 heavy (non-hydrogen) atoms. The zero-order valence-electron chi connectivity index (χ0n) is 18.6. The molecule has 0 N–H and O–H groups in total. The molecule has 168 valence electrons. The third-order valence-corrected chi connectivity index (χ3v) is 6.17. The van der Waals surface area contributed by atoms with Gasteiger partial charge in [-0.25, -0.2) is 9.96 Å². The maximum Gasteiger partial charge on any atom is 0.266 e. The van der Waals surface area contributed by atoms with E-state index in [4.69, 9.17) is 14.3 Å². The molecule has 2 aliphatic heterocycles. The van der Waals surface area contributed by atoms with Crippen LogP contribution in [0.3, 0.4) is 0 Å². The van der Waals surface area contributed by atoms with E-state index in [9.17, 15) is 9.59 Å². The minimum atomic E-state index is -0.945. The zero-order valence-corrected chi connectivity index (χ0v) is 18.6. The molecule has 2 heterocycles. The largest absolute Gasteiger partial charge is 0.497 e. The van der Waals surface area contributed by atoms with Gasteiger partial charge in [0.15, 0.2) is 6.10 Å². The van der Waals surface area contributed by atoms with Crippen molar-refractivity contribution in [3.63, 3.8) is 0 Å². The molecule has 2 aliphatic rings. The first-order chi connectivity index (χ1) is 16.0. The van der Waals surface area contributed by atoms with E-state index in [-0.39, 0.29) is 11.8 Å². The van der Waals surface area contributed by atoms with E-state index in [1.165, 1.54) is 4.90 Å². The Labute approximate surface area is 192 Å². The van der Waals surface area contributed by atoms with Gasteiger partial charge in [0.2, 0.25) is 5.91 Å². The number of rotatable bonds is 5. The highest BCUT2D eigenvalue weighted by molar-refractivity contribution is 6.24. The lowest BCUT2D eigenvalue weighted by atomic mass is 9.89. The zero-order chi connectivity index (χ0) is 23.1. The topological polar surface area (TPSA) is 68.3 Å². The molecule has 3 aromatic carbocycles. The van der Waals surface area contributed by atoms with Gasteiger partial charge in [-0.15, -0.1) is 0 Å². The molecule has 7 heteroatoms. The average Bonchev–Trinajstić information content (AvgIpc) is 3.36. The van der Waals surface area contributed by atoms with Crippen molar-refractivity contribution in [3.05, 3.63) is 83.9 Å². The van der Waals surface area contributed by atoms with Gasteiger partial charge in [-0.2, -0.15) is 0 Å². The maximum atomic E-state index is 13.7. The van der Waals surface area contributed by atoms with Crippen molar-refractivity contribution in [2.24, 2.45) is 5.92 Å². The molecule has 0 bridgehead atoms. The Hall–Kier alpha value is -3.84. The third kappa shape index (κ3) is 3.41. The molecule has 7 nitrogen and oxygen atoms in total. The second-order valence-corrected chi connectivity index (χ2v) is 8.11. The molecule has 0 saturated carbocycles. The highest BCUT2D eigenvalue weighted by Gasteiger charge is 2.60. The summed E-state index contributed by atoms with van der Waals surface area (Å²) < 4.78 is 11.1. The summed E-state index contributed by atoms with van der Waals surface area (Å²) in [4.78, 5) is 34.6. The van der Waals surface area contributed by atoms with Crippen molar-refractivity contribution >= 4 is 23.2 Å². The van der Waals surface area contributed by atoms with E-state index in [2.05, 4.69) is 0 Å². The number of nitrogens with zero attached hydrogens (tertiary/aromatic N) is 2. The van der Waals surface area contributed by atoms with Gasteiger partial charge < -0.3 is 9.47 Å². The van der Waals surface area contributed by atoms with Crippen molar-refractivity contribution in [2.75, 3.05) is 24.2 Å². The van der Waals surface area contributed by atoms with Crippen LogP contribution < -0.4 is 19.4 Å². The van der Waals surface area contributed by atoms with Gasteiger partial charge in [-0.3, -0.25) is 14.4 Å². The lowest BCUT2D eigenvalue weighted by Crippen LogP contribution is -2.37. The molecule has 2 fully saturated rings. The number of ether oxygens (including phenoxy) is 2. The summed E-state index contributed by atoms with van der Waals surface area (Å²) >= 11 is 0. The van der Waals surface area contributed by atoms with E-state index in [0.29, 0.717) is 22.7 Å². The Morgan fingerprint density at radius 1 is 0.818 bits per heavy atom. The summed E-state index contributed by atoms with van der Waals surface area (Å²) in [5, 5.41) is 1.65. The normalized spacial score (nSPS) is 22.0. The number of hydroxylamine groups is 1. The van der Waals surface area contributed by atoms with E-state index in [0.717, 1.165) is 11.3 Å². The van der Waals surface area contributed by atoms with Crippen LogP contribution in [0.1, 0.15) is 17.2 Å². The van der Waals surface area contributed by atoms with Crippen molar-refractivity contribution < 1.29 is 23.9 Å². The Morgan fingerprint density at radius 2 is 1.55 bits per heavy atom. The standard InChI is InChI=1S/C26H24N2O5/c1-16-9-11-17(12-10-16)27-25(29)22-23(20-15-19(31-2)13-14-21(20)32-3)28(33-24(22)26(27)30)18-7-5-4-6-8-18/h4-15,22-24H,1-3H3/t22-,23-,24-/m0/s1. The predicted molar refractivity (Wildman–Crippen MR) is 123 cm³/mol. The fraction of sp³-hybridized carbons (Fsp3) is 0.231. The van der Waals surface area contributed by atoms with Crippen molar-refractivity contribution in [3.8, 4) is 11.5 Å². The second-order valence-electron chi connectivity index (χ2n) is 8.11. The van der Waals surface area contributed by atoms with Crippen LogP contribution in [0.15, 0.2) is 72.8 Å². The Balaban J connectivity index is 1.63. The number of amides is 2. The number of hydrogen-bond acceptors (Lipinski definition) is 6. The lowest BCUT2D eigenvalue weighted by Gasteiger charge is -2.29. The Morgan fingerprint density at radius 3 is 2.21 bits per heavy atom. The highest BCUT2D eigenvalue weighted by Crippen LogP contribution is 2.50. The number of para-hydroxylation sites is 1. The predicted octanol–water partition coefficient (Wildman–Crippen LogP) is 4.06. The number of benzene rings is 3. The molecule has 5 rings (SSSR count). The van der Waals surface area contributed by atoms with Crippen LogP contribution in [0.5, 0.6) is 11.5 Å². The summed E-state index contributed by atoms with van der Waals surface area (Å²) in [6.45, 7) is 1.96. The first-order valence-electron chi connectivity index (χ1n) is 10.7. The minimum Gasteiger partial charge on any atom is -0.497 e. The molecule has 2 amide bonds. The maximum absolute atomic E-state index is 13.7. The molecular formula is C26H24N2O5. The van der Waals surface area contributed by atoms with Gasteiger partial charge in [0, 0.05) is 5.56 Å². The number of aryl methyl sites for hydroxylation is 1. The molecule has 3 aromatic rings. The first-order valence-corrected chi connectivity index (χ1v) is 10.7. The van der Waals surface area contributed by atoms with Gasteiger partial charge in [0.1, 0.15) is 23.5 Å². The number of carbonyl (C=O) groups excluding carboxylic acids is 2. The number of anilines is 2. The average molecular weight is 444 g/mol. The highest BCUT2D eigenvalue weighted by atomic mass is 16.7. The van der Waals surface area contributed by atoms with E-state index in [1.807, 2.05) is 55.5 Å². The van der Waals surface area contributed by atoms with Crippen LogP contribution in [0.2, 0.25) is 0 Å². The third-order valence-electron chi connectivity index (χ3n) is 6.17. The van der Waals surface area contributed by atoms with Crippen LogP contribution in [0, 0.1) is 12.8 Å². The van der Waals surface area contributed by atoms with Gasteiger partial charge in [0.25, 0.3) is 5.91 Å². The fourth-order valence-electron chi connectivity index (χ4n) is 4.55. The smallest absolute Gasteiger partial charge is 0.266 e. The second kappa shape index (κ2) is 8.26. The summed E-state index contributed by atoms with van der Waals surface area (Å²) in [5.41, 5.74) is 3.03. The quantitative estimate of drug-likeness (QED) is 0.553. The summed E-state index contributed by atoms with van der Waals surface area (Å²) in [7, 11) is 3.16. The van der Waals surface area contributed by atoms with Crippen molar-refractivity contribution in [2.45, 2.75) is 19.1 Å². The molecule has 0 spiro atoms. The fourth-order valence-corrected chi connectivity index (χ4v) is 4.55. The number of carbonyl (C=O) groups is 2. The molecule has 0 radical (unpaired) electrons. The van der Waals surface area contributed by atoms with Crippen LogP contribution in [0.4, 0.5) is 11.4 Å². The number of hydrogen-bond donors (Lipinski definition) is 0. The molecule has 0 aliphatic carbocycles. The monoisotopic (exact) mass is 444 g/mol. The molecule has 0 unspecified atom stereocenters. The van der Waals surface area contributed by atoms with Gasteiger partial charge in [-0.1, -0.05) is 35.9 Å². The van der Waals surface area contributed by atoms with E-state index >= 15 is 0 Å². The van der Waals surface area contributed by atoms with Crippen LogP contribution in [-0.4, -0.2) is 32.1 Å². The number of fused-ring (bicyclic) bond motifs is 1. The minimum absolute atomic E-state index is 0.304. The first kappa shape index (κ1) is 21.0. The number of methoxy groups -OCH3 is 2. The summed E-state index contributed by atoms with van der Waals surface area (Å²) in [6, 6.07) is 21.6. The van der Waals surface area contributed by atoms with Gasteiger partial charge in [0.05, 0.1) is 25.6 Å². The van der Waals surface area contributed by atoms with Crippen molar-refractivity contribution in [1.29, 1.82) is 0 Å². The van der Waals surface area contributed by atoms with Crippen LogP contribution in [-0.2, 0) is 14.4 Å². The molecule has 0 aromatic heterocycles. The Kier molecular flexibility index (Phi) is 5.26. The van der Waals surface area contributed by atoms with Gasteiger partial charge in [-0.05, 0) is 49.4 Å². The molecule has 2 saturated heterocycles.